The number of pyridine rings is 1. The Morgan fingerprint density at radius 3 is 1.51 bits per heavy atom. The van der Waals surface area contributed by atoms with Crippen molar-refractivity contribution in [2.45, 2.75) is 51.6 Å². The Morgan fingerprint density at radius 1 is 0.743 bits per heavy atom. The quantitative estimate of drug-likeness (QED) is 0.193. The van der Waals surface area contributed by atoms with Gasteiger partial charge in [-0.1, -0.05) is 68.7 Å². The summed E-state index contributed by atoms with van der Waals surface area (Å²) in [7, 11) is -2.82. The van der Waals surface area contributed by atoms with Crippen molar-refractivity contribution < 1.29 is 20.3 Å². The normalized spacial score (nSPS) is 11.9. The average Bonchev–Trinajstić information content (AvgIpc) is 2.83. The molecule has 35 heavy (non-hydrogen) atoms. The number of hydrogen-bond acceptors (Lipinski definition) is 3. The fourth-order valence-electron chi connectivity index (χ4n) is 3.16. The van der Waals surface area contributed by atoms with Crippen LogP contribution in [0.1, 0.15) is 12.6 Å². The molecule has 8 heteroatoms. The first kappa shape index (κ1) is 29.5. The molecule has 0 aliphatic heterocycles. The molecule has 0 bridgehead atoms. The van der Waals surface area contributed by atoms with Gasteiger partial charge in [0.15, 0.2) is 0 Å². The molecule has 0 atom stereocenters. The van der Waals surface area contributed by atoms with Gasteiger partial charge < -0.3 is 9.96 Å². The molecule has 184 valence electrons. The topological polar surface area (TPSA) is 56.7 Å². The van der Waals surface area contributed by atoms with E-state index in [4.69, 9.17) is 9.96 Å². The molecule has 0 unspecified atom stereocenters. The summed E-state index contributed by atoms with van der Waals surface area (Å²) in [4.78, 5) is 14.5. The number of para-hydroxylation sites is 2. The van der Waals surface area contributed by atoms with Crippen LogP contribution in [0.4, 0.5) is 11.4 Å². The number of nitrogens with zero attached hydrogens (tertiary/aromatic N) is 5. The van der Waals surface area contributed by atoms with E-state index in [0.29, 0.717) is 0 Å². The maximum absolute atomic E-state index is 4.96. The molecule has 0 aliphatic rings. The number of aromatic nitrogens is 1. The summed E-state index contributed by atoms with van der Waals surface area (Å²) in [6.07, 6.45) is 1.87. The molecule has 0 fully saturated rings. The van der Waals surface area contributed by atoms with Gasteiger partial charge in [-0.3, -0.25) is 4.98 Å². The predicted molar refractivity (Wildman–Crippen MR) is 152 cm³/mol. The van der Waals surface area contributed by atoms with Gasteiger partial charge in [0.2, 0.25) is 0 Å². The van der Waals surface area contributed by atoms with Gasteiger partial charge in [-0.05, 0) is 17.5 Å². The van der Waals surface area contributed by atoms with Crippen LogP contribution in [0.25, 0.3) is 9.96 Å². The Bertz CT molecular complexity index is 949. The summed E-state index contributed by atoms with van der Waals surface area (Å²) < 4.78 is 4.26. The van der Waals surface area contributed by atoms with Crippen LogP contribution in [0.2, 0.25) is 39.3 Å². The van der Waals surface area contributed by atoms with Crippen LogP contribution in [0.3, 0.4) is 0 Å². The van der Waals surface area contributed by atoms with Gasteiger partial charge in [0.05, 0.1) is 0 Å². The van der Waals surface area contributed by atoms with Crippen LogP contribution in [-0.4, -0.2) is 34.5 Å². The second-order valence-corrected chi connectivity index (χ2v) is 20.5. The van der Waals surface area contributed by atoms with E-state index in [9.17, 15) is 0 Å². The Balaban J connectivity index is 0.000000256. The molecular weight excluding hydrogens is 498 g/mol. The van der Waals surface area contributed by atoms with Gasteiger partial charge in [0.1, 0.15) is 0 Å². The molecule has 0 spiro atoms. The third kappa shape index (κ3) is 10.8. The van der Waals surface area contributed by atoms with E-state index in [1.807, 2.05) is 77.9 Å². The third-order valence-electron chi connectivity index (χ3n) is 5.19. The summed E-state index contributed by atoms with van der Waals surface area (Å²) in [5.74, 6) is 0. The average molecular weight is 538 g/mol. The van der Waals surface area contributed by atoms with Crippen molar-refractivity contribution in [2.75, 3.05) is 18.1 Å². The minimum absolute atomic E-state index is 0.0676. The Kier molecular flexibility index (Phi) is 11.4. The number of anilines is 2. The van der Waals surface area contributed by atoms with Crippen molar-refractivity contribution >= 4 is 27.8 Å². The molecule has 3 rings (SSSR count). The fourth-order valence-corrected chi connectivity index (χ4v) is 5.17. The van der Waals surface area contributed by atoms with Gasteiger partial charge in [-0.2, -0.15) is 0 Å². The van der Waals surface area contributed by atoms with Crippen LogP contribution >= 0.6 is 0 Å². The molecule has 0 saturated carbocycles. The minimum atomic E-state index is -1.41. The Labute approximate surface area is 226 Å². The zero-order chi connectivity index (χ0) is 26.0. The third-order valence-corrected chi connectivity index (χ3v) is 7.72. The van der Waals surface area contributed by atoms with Crippen molar-refractivity contribution in [3.05, 3.63) is 101 Å². The van der Waals surface area contributed by atoms with Crippen LogP contribution in [0.15, 0.2) is 88.6 Å². The van der Waals surface area contributed by atoms with Crippen LogP contribution in [0, 0.1) is 0 Å². The second-order valence-electron chi connectivity index (χ2n) is 10.8. The molecule has 1 aromatic heterocycles. The van der Waals surface area contributed by atoms with Crippen LogP contribution < -0.4 is 5.01 Å². The molecule has 1 heterocycles. The molecule has 0 saturated heterocycles. The van der Waals surface area contributed by atoms with E-state index in [0.717, 1.165) is 30.2 Å². The predicted octanol–water partition coefficient (Wildman–Crippen LogP) is 8.23. The van der Waals surface area contributed by atoms with Crippen molar-refractivity contribution in [1.82, 2.24) is 4.98 Å². The van der Waals surface area contributed by atoms with E-state index in [-0.39, 0.29) is 5.41 Å². The SMILES string of the molecule is CC(C[N-][Si](C)(C)C)(C[N-][Si](C)(C)C)c1ccccn1.[Ti+2]=[N]N(c1ccccc1)c1ccccc1. The van der Waals surface area contributed by atoms with Crippen molar-refractivity contribution in [1.29, 1.82) is 0 Å². The molecule has 0 radical (unpaired) electrons. The fraction of sp³-hybridized carbons (Fsp3) is 0.370. The summed E-state index contributed by atoms with van der Waals surface area (Å²) in [6.45, 7) is 17.6. The van der Waals surface area contributed by atoms with E-state index in [1.165, 1.54) is 0 Å². The van der Waals surface area contributed by atoms with Gasteiger partial charge in [0.25, 0.3) is 0 Å². The molecule has 5 nitrogen and oxygen atoms in total. The van der Waals surface area contributed by atoms with Gasteiger partial charge in [-0.25, -0.2) is 0 Å². The number of rotatable bonds is 10. The van der Waals surface area contributed by atoms with Gasteiger partial charge in [0, 0.05) is 11.9 Å². The first-order valence-corrected chi connectivity index (χ1v) is 19.6. The zero-order valence-corrected chi connectivity index (χ0v) is 25.8. The maximum atomic E-state index is 4.96. The number of hydrogen-bond donors (Lipinski definition) is 0. The van der Waals surface area contributed by atoms with Crippen molar-refractivity contribution in [3.8, 4) is 0 Å². The monoisotopic (exact) mass is 537 g/mol. The van der Waals surface area contributed by atoms with E-state index in [2.05, 4.69) is 66.8 Å². The van der Waals surface area contributed by atoms with E-state index < -0.39 is 16.5 Å². The molecule has 0 amide bonds. The first-order chi connectivity index (χ1) is 16.4. The standard InChI is InChI=1S/C15H29N3Si2.C12H10N2.Ti/c1-15(12-17-19(2,3)4,13-18-20(5,6)7)14-10-8-9-11-16-14;13-14(11-7-3-1-4-8-11)12-9-5-2-6-10-12;/h8-11H,12-13H2,1-7H3;1-10H;/q-2;;+2. The summed E-state index contributed by atoms with van der Waals surface area (Å²) in [6, 6.07) is 26.3. The summed E-state index contributed by atoms with van der Waals surface area (Å²) >= 11 is 1.79. The van der Waals surface area contributed by atoms with Crippen molar-refractivity contribution in [3.63, 3.8) is 0 Å². The molecular formula is C27H39N5Si2Ti. The van der Waals surface area contributed by atoms with E-state index >= 15 is 0 Å². The summed E-state index contributed by atoms with van der Waals surface area (Å²) in [5.41, 5.74) is 3.20. The van der Waals surface area contributed by atoms with Gasteiger partial charge >= 0.3 is 101 Å². The summed E-state index contributed by atoms with van der Waals surface area (Å²) in [5, 5.41) is 1.92. The molecule has 0 aliphatic carbocycles. The van der Waals surface area contributed by atoms with Crippen molar-refractivity contribution in [2.24, 2.45) is 3.53 Å². The Hall–Kier alpha value is -1.74. The molecule has 0 N–H and O–H groups in total. The van der Waals surface area contributed by atoms with Crippen LogP contribution in [-0.2, 0) is 25.7 Å². The second kappa shape index (κ2) is 13.5. The van der Waals surface area contributed by atoms with Gasteiger partial charge in [-0.15, -0.1) is 13.1 Å². The number of benzene rings is 2. The van der Waals surface area contributed by atoms with E-state index in [1.54, 1.807) is 20.3 Å². The molecule has 2 aromatic carbocycles. The Morgan fingerprint density at radius 2 is 1.17 bits per heavy atom. The molecule has 3 aromatic rings. The van der Waals surface area contributed by atoms with Crippen LogP contribution in [0.5, 0.6) is 0 Å². The first-order valence-electron chi connectivity index (χ1n) is 12.0. The zero-order valence-electron chi connectivity index (χ0n) is 22.2.